The number of sulfonamides is 1. The molecule has 1 fully saturated rings. The van der Waals surface area contributed by atoms with Crippen molar-refractivity contribution in [1.29, 1.82) is 0 Å². The predicted molar refractivity (Wildman–Crippen MR) is 113 cm³/mol. The molecule has 2 aliphatic heterocycles. The molecular formula is C19H29ClN4O3S. The fourth-order valence-electron chi connectivity index (χ4n) is 3.84. The molecule has 0 spiro atoms. The first-order valence-electron chi connectivity index (χ1n) is 9.50. The molecule has 2 aliphatic rings. The Morgan fingerprint density at radius 2 is 2.11 bits per heavy atom. The fraction of sp³-hybridized carbons (Fsp3) is 0.579. The van der Waals surface area contributed by atoms with Crippen molar-refractivity contribution in [3.05, 3.63) is 29.8 Å². The molecule has 0 saturated carbocycles. The van der Waals surface area contributed by atoms with E-state index in [1.807, 2.05) is 30.0 Å². The van der Waals surface area contributed by atoms with Gasteiger partial charge in [0.2, 0.25) is 5.91 Å². The lowest BCUT2D eigenvalue weighted by atomic mass is 9.97. The van der Waals surface area contributed by atoms with Crippen molar-refractivity contribution in [3.8, 4) is 0 Å². The van der Waals surface area contributed by atoms with E-state index in [1.165, 1.54) is 6.42 Å². The number of rotatable bonds is 6. The third kappa shape index (κ3) is 5.04. The van der Waals surface area contributed by atoms with Crippen LogP contribution in [0, 0.1) is 5.92 Å². The Morgan fingerprint density at radius 1 is 1.36 bits per heavy atom. The van der Waals surface area contributed by atoms with Gasteiger partial charge >= 0.3 is 0 Å². The molecule has 28 heavy (non-hydrogen) atoms. The summed E-state index contributed by atoms with van der Waals surface area (Å²) in [6, 6.07) is 6.87. The van der Waals surface area contributed by atoms with Crippen LogP contribution in [0.4, 0.5) is 0 Å². The number of benzene rings is 1. The van der Waals surface area contributed by atoms with Crippen LogP contribution in [0.5, 0.6) is 0 Å². The third-order valence-corrected chi connectivity index (χ3v) is 6.55. The minimum absolute atomic E-state index is 0. The lowest BCUT2D eigenvalue weighted by molar-refractivity contribution is -0.133. The summed E-state index contributed by atoms with van der Waals surface area (Å²) in [5.41, 5.74) is 0.636. The molecule has 2 heterocycles. The molecule has 1 atom stereocenters. The number of fused-ring (bicyclic) bond motifs is 1. The normalized spacial score (nSPS) is 20.1. The minimum Gasteiger partial charge on any atom is -0.358 e. The van der Waals surface area contributed by atoms with Gasteiger partial charge in [0.25, 0.3) is 10.0 Å². The molecule has 156 valence electrons. The number of nitrogens with zero attached hydrogens (tertiary/aromatic N) is 3. The van der Waals surface area contributed by atoms with Gasteiger partial charge in [-0.3, -0.25) is 4.79 Å². The van der Waals surface area contributed by atoms with Crippen LogP contribution in [0.2, 0.25) is 0 Å². The summed E-state index contributed by atoms with van der Waals surface area (Å²) in [7, 11) is 0.165. The van der Waals surface area contributed by atoms with Crippen LogP contribution in [-0.2, 0) is 14.8 Å². The van der Waals surface area contributed by atoms with Crippen molar-refractivity contribution >= 4 is 34.2 Å². The van der Waals surface area contributed by atoms with E-state index < -0.39 is 10.0 Å². The maximum Gasteiger partial charge on any atom is 0.285 e. The van der Waals surface area contributed by atoms with E-state index in [9.17, 15) is 13.2 Å². The standard InChI is InChI=1S/C19H28N4O3S.ClH/c1-20-13-15-7-5-12-23(14-15)18(24)10-6-11-22(2)19-16-8-3-4-9-17(16)27(25,26)21-19;/h3-4,8-9,15,20H,5-7,10-14H2,1-2H3;1H. The summed E-state index contributed by atoms with van der Waals surface area (Å²) in [4.78, 5) is 16.6. The highest BCUT2D eigenvalue weighted by molar-refractivity contribution is 7.90. The van der Waals surface area contributed by atoms with Crippen molar-refractivity contribution in [1.82, 2.24) is 15.1 Å². The van der Waals surface area contributed by atoms with Gasteiger partial charge in [0.1, 0.15) is 10.7 Å². The maximum absolute atomic E-state index is 12.5. The summed E-state index contributed by atoms with van der Waals surface area (Å²) in [5, 5.41) is 3.19. The smallest absolute Gasteiger partial charge is 0.285 e. The maximum atomic E-state index is 12.5. The van der Waals surface area contributed by atoms with E-state index >= 15 is 0 Å². The van der Waals surface area contributed by atoms with Crippen LogP contribution in [0.1, 0.15) is 31.2 Å². The Kier molecular flexibility index (Phi) is 7.86. The van der Waals surface area contributed by atoms with Gasteiger partial charge in [-0.15, -0.1) is 16.8 Å². The summed E-state index contributed by atoms with van der Waals surface area (Å²) >= 11 is 0. The number of carbonyl (C=O) groups is 1. The Labute approximate surface area is 173 Å². The SMILES string of the molecule is CNCC1CCCN(C(=O)CCCN(C)C2=NS(=O)(=O)c3ccccc32)C1.Cl. The molecule has 1 aromatic carbocycles. The summed E-state index contributed by atoms with van der Waals surface area (Å²) in [6.07, 6.45) is 3.37. The highest BCUT2D eigenvalue weighted by Gasteiger charge is 2.30. The van der Waals surface area contributed by atoms with Crippen molar-refractivity contribution in [2.75, 3.05) is 40.3 Å². The van der Waals surface area contributed by atoms with Gasteiger partial charge in [0.15, 0.2) is 0 Å². The Balaban J connectivity index is 0.00000280. The quantitative estimate of drug-likeness (QED) is 0.746. The predicted octanol–water partition coefficient (Wildman–Crippen LogP) is 1.73. The zero-order chi connectivity index (χ0) is 19.4. The van der Waals surface area contributed by atoms with Gasteiger partial charge in [0, 0.05) is 38.7 Å². The number of halogens is 1. The Morgan fingerprint density at radius 3 is 2.86 bits per heavy atom. The number of carbonyl (C=O) groups excluding carboxylic acids is 1. The summed E-state index contributed by atoms with van der Waals surface area (Å²) < 4.78 is 28.2. The largest absolute Gasteiger partial charge is 0.358 e. The molecule has 1 amide bonds. The monoisotopic (exact) mass is 428 g/mol. The van der Waals surface area contributed by atoms with Gasteiger partial charge < -0.3 is 15.1 Å². The average molecular weight is 429 g/mol. The number of nitrogens with one attached hydrogen (secondary N) is 1. The van der Waals surface area contributed by atoms with E-state index in [-0.39, 0.29) is 23.2 Å². The van der Waals surface area contributed by atoms with Crippen molar-refractivity contribution in [2.45, 2.75) is 30.6 Å². The molecule has 7 nitrogen and oxygen atoms in total. The summed E-state index contributed by atoms with van der Waals surface area (Å²) in [6.45, 7) is 3.20. The zero-order valence-corrected chi connectivity index (χ0v) is 18.1. The molecule has 0 aromatic heterocycles. The molecule has 1 N–H and O–H groups in total. The zero-order valence-electron chi connectivity index (χ0n) is 16.4. The van der Waals surface area contributed by atoms with Crippen LogP contribution in [0.25, 0.3) is 0 Å². The van der Waals surface area contributed by atoms with E-state index in [4.69, 9.17) is 0 Å². The number of amidine groups is 1. The Bertz CT molecular complexity index is 826. The molecule has 9 heteroatoms. The molecule has 0 bridgehead atoms. The second-order valence-electron chi connectivity index (χ2n) is 7.32. The van der Waals surface area contributed by atoms with Crippen LogP contribution >= 0.6 is 12.4 Å². The topological polar surface area (TPSA) is 82.1 Å². The van der Waals surface area contributed by atoms with Crippen LogP contribution in [0.15, 0.2) is 33.6 Å². The second-order valence-corrected chi connectivity index (χ2v) is 8.89. The van der Waals surface area contributed by atoms with E-state index in [0.717, 1.165) is 26.1 Å². The molecule has 1 aromatic rings. The molecule has 0 radical (unpaired) electrons. The lowest BCUT2D eigenvalue weighted by Crippen LogP contribution is -2.42. The number of hydrogen-bond acceptors (Lipinski definition) is 5. The fourth-order valence-corrected chi connectivity index (χ4v) is 5.09. The molecule has 3 rings (SSSR count). The second kappa shape index (κ2) is 9.71. The molecule has 0 aliphatic carbocycles. The molecule has 1 unspecified atom stereocenters. The minimum atomic E-state index is -3.60. The van der Waals surface area contributed by atoms with Gasteiger partial charge in [-0.2, -0.15) is 8.42 Å². The number of hydrogen-bond donors (Lipinski definition) is 1. The van der Waals surface area contributed by atoms with Crippen LogP contribution in [0.3, 0.4) is 0 Å². The number of amides is 1. The van der Waals surface area contributed by atoms with E-state index in [0.29, 0.717) is 36.7 Å². The van der Waals surface area contributed by atoms with Crippen LogP contribution < -0.4 is 5.32 Å². The van der Waals surface area contributed by atoms with Crippen molar-refractivity contribution in [3.63, 3.8) is 0 Å². The van der Waals surface area contributed by atoms with Gasteiger partial charge in [-0.1, -0.05) is 12.1 Å². The number of piperidine rings is 1. The average Bonchev–Trinajstić information content (AvgIpc) is 2.94. The molecule has 1 saturated heterocycles. The van der Waals surface area contributed by atoms with Gasteiger partial charge in [-0.25, -0.2) is 0 Å². The van der Waals surface area contributed by atoms with E-state index in [1.54, 1.807) is 18.2 Å². The first kappa shape index (κ1) is 22.6. The highest BCUT2D eigenvalue weighted by Crippen LogP contribution is 2.27. The highest BCUT2D eigenvalue weighted by atomic mass is 35.5. The van der Waals surface area contributed by atoms with Crippen molar-refractivity contribution < 1.29 is 13.2 Å². The van der Waals surface area contributed by atoms with Gasteiger partial charge in [-0.05, 0) is 50.9 Å². The molecular weight excluding hydrogens is 400 g/mol. The Hall–Kier alpha value is -1.64. The third-order valence-electron chi connectivity index (χ3n) is 5.22. The first-order valence-corrected chi connectivity index (χ1v) is 10.9. The number of likely N-dealkylation sites (tertiary alicyclic amines) is 1. The van der Waals surface area contributed by atoms with Gasteiger partial charge in [0.05, 0.1) is 0 Å². The van der Waals surface area contributed by atoms with E-state index in [2.05, 4.69) is 9.71 Å². The van der Waals surface area contributed by atoms with Crippen LogP contribution in [-0.4, -0.2) is 70.2 Å². The first-order chi connectivity index (χ1) is 12.9. The lowest BCUT2D eigenvalue weighted by Gasteiger charge is -2.33. The van der Waals surface area contributed by atoms with Crippen molar-refractivity contribution in [2.24, 2.45) is 10.3 Å². The summed E-state index contributed by atoms with van der Waals surface area (Å²) in [5.74, 6) is 1.18.